The Hall–Kier alpha value is -2.17. The van der Waals surface area contributed by atoms with Gasteiger partial charge >= 0.3 is 0 Å². The summed E-state index contributed by atoms with van der Waals surface area (Å²) in [5, 5.41) is 2.56. The number of hydrogen-bond acceptors (Lipinski definition) is 1. The van der Waals surface area contributed by atoms with E-state index in [0.717, 1.165) is 23.8 Å². The molecule has 2 N–H and O–H groups in total. The Balaban J connectivity index is 2.04. The van der Waals surface area contributed by atoms with Gasteiger partial charge in [-0.3, -0.25) is 4.79 Å². The van der Waals surface area contributed by atoms with E-state index in [1.165, 1.54) is 0 Å². The largest absolute Gasteiger partial charge is 0.367 e. The van der Waals surface area contributed by atoms with Crippen LogP contribution in [0.1, 0.15) is 15.9 Å². The molecule has 0 bridgehead atoms. The fourth-order valence-electron chi connectivity index (χ4n) is 1.44. The molecule has 1 amide bonds. The van der Waals surface area contributed by atoms with Crippen LogP contribution >= 0.6 is 0 Å². The molecule has 0 radical (unpaired) electrons. The van der Waals surface area contributed by atoms with Gasteiger partial charge in [0.25, 0.3) is 5.91 Å². The molecule has 3 nitrogen and oxygen atoms in total. The molecule has 0 saturated heterocycles. The number of amides is 1. The molecule has 5 heteroatoms. The first-order valence-corrected chi connectivity index (χ1v) is 5.01. The summed E-state index contributed by atoms with van der Waals surface area (Å²) in [6.45, 7) is 0.306. The van der Waals surface area contributed by atoms with Crippen LogP contribution in [0.15, 0.2) is 36.7 Å². The van der Waals surface area contributed by atoms with Crippen LogP contribution in [0, 0.1) is 11.6 Å². The highest BCUT2D eigenvalue weighted by Crippen LogP contribution is 2.08. The van der Waals surface area contributed by atoms with Crippen molar-refractivity contribution >= 4 is 5.91 Å². The molecule has 0 saturated carbocycles. The molecule has 0 aliphatic carbocycles. The Bertz CT molecular complexity index is 503. The van der Waals surface area contributed by atoms with E-state index >= 15 is 0 Å². The Kier molecular flexibility index (Phi) is 3.18. The summed E-state index contributed by atoms with van der Waals surface area (Å²) in [6.07, 6.45) is 3.45. The van der Waals surface area contributed by atoms with E-state index in [-0.39, 0.29) is 5.56 Å². The van der Waals surface area contributed by atoms with Gasteiger partial charge in [0.2, 0.25) is 0 Å². The van der Waals surface area contributed by atoms with Gasteiger partial charge < -0.3 is 10.3 Å². The third-order valence-electron chi connectivity index (χ3n) is 2.24. The number of H-pyrrole nitrogens is 1. The fourth-order valence-corrected chi connectivity index (χ4v) is 1.44. The SMILES string of the molecule is O=C(NCc1cc[nH]c1)c1cc(F)cc(F)c1. The van der Waals surface area contributed by atoms with Gasteiger partial charge in [-0.15, -0.1) is 0 Å². The van der Waals surface area contributed by atoms with E-state index in [0.29, 0.717) is 6.54 Å². The van der Waals surface area contributed by atoms with Crippen LogP contribution in [-0.4, -0.2) is 10.9 Å². The predicted octanol–water partition coefficient (Wildman–Crippen LogP) is 2.22. The van der Waals surface area contributed by atoms with E-state index in [9.17, 15) is 13.6 Å². The summed E-state index contributed by atoms with van der Waals surface area (Å²) in [5.41, 5.74) is 0.855. The molecular weight excluding hydrogens is 226 g/mol. The summed E-state index contributed by atoms with van der Waals surface area (Å²) in [4.78, 5) is 14.4. The topological polar surface area (TPSA) is 44.9 Å². The minimum absolute atomic E-state index is 0.0296. The summed E-state index contributed by atoms with van der Waals surface area (Å²) in [5.74, 6) is -2.04. The monoisotopic (exact) mass is 236 g/mol. The van der Waals surface area contributed by atoms with E-state index in [1.54, 1.807) is 18.5 Å². The van der Waals surface area contributed by atoms with Crippen molar-refractivity contribution in [2.24, 2.45) is 0 Å². The molecule has 0 unspecified atom stereocenters. The van der Waals surface area contributed by atoms with Crippen molar-refractivity contribution < 1.29 is 13.6 Å². The lowest BCUT2D eigenvalue weighted by molar-refractivity contribution is 0.0950. The van der Waals surface area contributed by atoms with E-state index < -0.39 is 17.5 Å². The highest BCUT2D eigenvalue weighted by Gasteiger charge is 2.08. The van der Waals surface area contributed by atoms with Crippen molar-refractivity contribution in [3.63, 3.8) is 0 Å². The second kappa shape index (κ2) is 4.78. The number of nitrogens with one attached hydrogen (secondary N) is 2. The van der Waals surface area contributed by atoms with Crippen molar-refractivity contribution in [3.05, 3.63) is 59.4 Å². The molecule has 0 aliphatic rings. The average Bonchev–Trinajstić information content (AvgIpc) is 2.77. The Morgan fingerprint density at radius 2 is 1.94 bits per heavy atom. The number of rotatable bonds is 3. The minimum atomic E-state index is -0.767. The number of benzene rings is 1. The zero-order valence-corrected chi connectivity index (χ0v) is 8.84. The molecule has 1 heterocycles. The van der Waals surface area contributed by atoms with Gasteiger partial charge in [-0.2, -0.15) is 0 Å². The van der Waals surface area contributed by atoms with E-state index in [4.69, 9.17) is 0 Å². The van der Waals surface area contributed by atoms with E-state index in [2.05, 4.69) is 10.3 Å². The van der Waals surface area contributed by atoms with Gasteiger partial charge in [-0.1, -0.05) is 0 Å². The van der Waals surface area contributed by atoms with Crippen molar-refractivity contribution in [2.45, 2.75) is 6.54 Å². The van der Waals surface area contributed by atoms with Crippen molar-refractivity contribution in [1.82, 2.24) is 10.3 Å². The number of halogens is 2. The normalized spacial score (nSPS) is 10.2. The minimum Gasteiger partial charge on any atom is -0.367 e. The fraction of sp³-hybridized carbons (Fsp3) is 0.0833. The quantitative estimate of drug-likeness (QED) is 0.843. The second-order valence-electron chi connectivity index (χ2n) is 3.56. The molecule has 0 atom stereocenters. The zero-order valence-electron chi connectivity index (χ0n) is 8.84. The maximum Gasteiger partial charge on any atom is 0.251 e. The summed E-state index contributed by atoms with van der Waals surface area (Å²) < 4.78 is 25.8. The summed E-state index contributed by atoms with van der Waals surface area (Å²) in [7, 11) is 0. The van der Waals surface area contributed by atoms with Gasteiger partial charge in [0, 0.05) is 30.6 Å². The van der Waals surface area contributed by atoms with Gasteiger partial charge in [-0.05, 0) is 23.8 Å². The van der Waals surface area contributed by atoms with Gasteiger partial charge in [0.1, 0.15) is 11.6 Å². The number of aromatic nitrogens is 1. The molecular formula is C12H10F2N2O. The van der Waals surface area contributed by atoms with Gasteiger partial charge in [0.15, 0.2) is 0 Å². The van der Waals surface area contributed by atoms with Crippen LogP contribution in [0.3, 0.4) is 0 Å². The van der Waals surface area contributed by atoms with Crippen molar-refractivity contribution in [1.29, 1.82) is 0 Å². The molecule has 1 aromatic carbocycles. The average molecular weight is 236 g/mol. The molecule has 0 spiro atoms. The maximum atomic E-state index is 12.9. The smallest absolute Gasteiger partial charge is 0.251 e. The van der Waals surface area contributed by atoms with Crippen LogP contribution in [0.5, 0.6) is 0 Å². The highest BCUT2D eigenvalue weighted by molar-refractivity contribution is 5.94. The Morgan fingerprint density at radius 3 is 2.53 bits per heavy atom. The highest BCUT2D eigenvalue weighted by atomic mass is 19.1. The predicted molar refractivity (Wildman–Crippen MR) is 58.3 cm³/mol. The van der Waals surface area contributed by atoms with Crippen molar-refractivity contribution in [3.8, 4) is 0 Å². The first-order valence-electron chi connectivity index (χ1n) is 5.01. The number of carbonyl (C=O) groups is 1. The third-order valence-corrected chi connectivity index (χ3v) is 2.24. The molecule has 17 heavy (non-hydrogen) atoms. The lowest BCUT2D eigenvalue weighted by Gasteiger charge is -2.04. The van der Waals surface area contributed by atoms with Crippen LogP contribution in [0.4, 0.5) is 8.78 Å². The standard InChI is InChI=1S/C12H10F2N2O/c13-10-3-9(4-11(14)5-10)12(17)16-7-8-1-2-15-6-8/h1-6,15H,7H2,(H,16,17). The van der Waals surface area contributed by atoms with Crippen LogP contribution in [0.25, 0.3) is 0 Å². The van der Waals surface area contributed by atoms with E-state index in [1.807, 2.05) is 0 Å². The van der Waals surface area contributed by atoms with Crippen LogP contribution in [0.2, 0.25) is 0 Å². The van der Waals surface area contributed by atoms with Crippen LogP contribution in [-0.2, 0) is 6.54 Å². The maximum absolute atomic E-state index is 12.9. The second-order valence-corrected chi connectivity index (χ2v) is 3.56. The number of hydrogen-bond donors (Lipinski definition) is 2. The molecule has 88 valence electrons. The summed E-state index contributed by atoms with van der Waals surface area (Å²) >= 11 is 0. The van der Waals surface area contributed by atoms with Gasteiger partial charge in [-0.25, -0.2) is 8.78 Å². The lowest BCUT2D eigenvalue weighted by atomic mass is 10.2. The first kappa shape index (κ1) is 11.3. The summed E-state index contributed by atoms with van der Waals surface area (Å²) in [6, 6.07) is 4.51. The van der Waals surface area contributed by atoms with Crippen LogP contribution < -0.4 is 5.32 Å². The van der Waals surface area contributed by atoms with Gasteiger partial charge in [0.05, 0.1) is 0 Å². The Labute approximate surface area is 96.5 Å². The third kappa shape index (κ3) is 2.90. The molecule has 0 aliphatic heterocycles. The molecule has 2 rings (SSSR count). The number of aromatic amines is 1. The lowest BCUT2D eigenvalue weighted by Crippen LogP contribution is -2.22. The molecule has 1 aromatic heterocycles. The Morgan fingerprint density at radius 1 is 1.24 bits per heavy atom. The van der Waals surface area contributed by atoms with Crippen molar-refractivity contribution in [2.75, 3.05) is 0 Å². The number of carbonyl (C=O) groups excluding carboxylic acids is 1. The molecule has 0 fully saturated rings. The first-order chi connectivity index (χ1) is 8.15. The zero-order chi connectivity index (χ0) is 12.3. The molecule has 2 aromatic rings.